The first-order chi connectivity index (χ1) is 9.44. The molecule has 0 saturated carbocycles. The van der Waals surface area contributed by atoms with Gasteiger partial charge >= 0.3 is 0 Å². The number of nitrogens with two attached hydrogens (primary N) is 1. The molecule has 2 aromatic rings. The minimum Gasteiger partial charge on any atom is -0.326 e. The van der Waals surface area contributed by atoms with Gasteiger partial charge in [0, 0.05) is 12.7 Å². The Morgan fingerprint density at radius 1 is 1.35 bits per heavy atom. The fraction of sp³-hybridized carbons (Fsp3) is 0.154. The van der Waals surface area contributed by atoms with E-state index in [2.05, 4.69) is 9.71 Å². The Bertz CT molecular complexity index is 732. The molecule has 0 bridgehead atoms. The largest absolute Gasteiger partial charge is 0.326 e. The summed E-state index contributed by atoms with van der Waals surface area (Å²) in [5.41, 5.74) is 7.59. The van der Waals surface area contributed by atoms with Crippen molar-refractivity contribution in [2.24, 2.45) is 5.73 Å². The molecule has 0 fully saturated rings. The monoisotopic (exact) mass is 295 g/mol. The van der Waals surface area contributed by atoms with Crippen LogP contribution in [0.1, 0.15) is 11.1 Å². The van der Waals surface area contributed by atoms with Crippen molar-refractivity contribution in [1.29, 1.82) is 0 Å². The van der Waals surface area contributed by atoms with Crippen LogP contribution < -0.4 is 10.5 Å². The second-order valence-electron chi connectivity index (χ2n) is 4.25. The van der Waals surface area contributed by atoms with E-state index in [0.717, 1.165) is 24.0 Å². The number of aryl methyl sites for hydroxylation is 1. The Kier molecular flexibility index (Phi) is 4.01. The number of hydrogen-bond acceptors (Lipinski definition) is 4. The van der Waals surface area contributed by atoms with Crippen LogP contribution in [-0.2, 0) is 16.6 Å². The molecule has 5 nitrogen and oxygen atoms in total. The molecule has 0 aliphatic rings. The van der Waals surface area contributed by atoms with Crippen LogP contribution in [0.15, 0.2) is 41.6 Å². The number of nitrogens with one attached hydrogen (secondary N) is 1. The maximum Gasteiger partial charge on any atom is 0.263 e. The molecule has 1 aromatic heterocycles. The second kappa shape index (κ2) is 5.56. The average molecular weight is 295 g/mol. The second-order valence-corrected chi connectivity index (χ2v) is 5.93. The van der Waals surface area contributed by atoms with Gasteiger partial charge in [-0.3, -0.25) is 9.71 Å². The summed E-state index contributed by atoms with van der Waals surface area (Å²) < 4.78 is 39.8. The van der Waals surface area contributed by atoms with Crippen LogP contribution in [0.25, 0.3) is 0 Å². The van der Waals surface area contributed by atoms with Gasteiger partial charge < -0.3 is 5.73 Å². The van der Waals surface area contributed by atoms with Gasteiger partial charge in [-0.25, -0.2) is 12.8 Å². The standard InChI is InChI=1S/C13H14FN3O2S/c1-9-3-2-4-13(12(9)6-15)17-20(18,19)11-5-10(14)7-16-8-11/h2-5,7-8,17H,6,15H2,1H3. The topological polar surface area (TPSA) is 85.1 Å². The molecule has 1 aromatic carbocycles. The number of nitrogens with zero attached hydrogens (tertiary/aromatic N) is 1. The molecule has 0 aliphatic heterocycles. The first-order valence-electron chi connectivity index (χ1n) is 5.86. The maximum absolute atomic E-state index is 13.1. The third-order valence-corrected chi connectivity index (χ3v) is 4.18. The molecule has 2 rings (SSSR count). The van der Waals surface area contributed by atoms with E-state index in [9.17, 15) is 12.8 Å². The number of anilines is 1. The predicted octanol–water partition coefficient (Wildman–Crippen LogP) is 1.79. The Balaban J connectivity index is 2.41. The van der Waals surface area contributed by atoms with E-state index in [-0.39, 0.29) is 11.4 Å². The number of aromatic nitrogens is 1. The van der Waals surface area contributed by atoms with Gasteiger partial charge in [0.15, 0.2) is 0 Å². The SMILES string of the molecule is Cc1cccc(NS(=O)(=O)c2cncc(F)c2)c1CN. The van der Waals surface area contributed by atoms with E-state index in [0.29, 0.717) is 11.3 Å². The van der Waals surface area contributed by atoms with Crippen LogP contribution in [0.3, 0.4) is 0 Å². The number of hydrogen-bond donors (Lipinski definition) is 2. The van der Waals surface area contributed by atoms with Crippen molar-refractivity contribution in [3.8, 4) is 0 Å². The summed E-state index contributed by atoms with van der Waals surface area (Å²) >= 11 is 0. The zero-order valence-corrected chi connectivity index (χ0v) is 11.6. The number of rotatable bonds is 4. The van der Waals surface area contributed by atoms with Crippen molar-refractivity contribution < 1.29 is 12.8 Å². The lowest BCUT2D eigenvalue weighted by Crippen LogP contribution is -2.16. The lowest BCUT2D eigenvalue weighted by molar-refractivity contribution is 0.592. The lowest BCUT2D eigenvalue weighted by Gasteiger charge is -2.13. The number of benzene rings is 1. The van der Waals surface area contributed by atoms with Crippen molar-refractivity contribution in [3.05, 3.63) is 53.6 Å². The number of halogens is 1. The summed E-state index contributed by atoms with van der Waals surface area (Å²) in [7, 11) is -3.89. The van der Waals surface area contributed by atoms with Gasteiger partial charge in [-0.1, -0.05) is 12.1 Å². The molecule has 0 spiro atoms. The summed E-state index contributed by atoms with van der Waals surface area (Å²) in [6.45, 7) is 2.04. The third-order valence-electron chi connectivity index (χ3n) is 2.85. The smallest absolute Gasteiger partial charge is 0.263 e. The first kappa shape index (κ1) is 14.4. The molecule has 0 unspecified atom stereocenters. The Morgan fingerprint density at radius 3 is 2.75 bits per heavy atom. The minimum atomic E-state index is -3.89. The van der Waals surface area contributed by atoms with E-state index in [1.54, 1.807) is 12.1 Å². The highest BCUT2D eigenvalue weighted by molar-refractivity contribution is 7.92. The van der Waals surface area contributed by atoms with Crippen LogP contribution in [0, 0.1) is 12.7 Å². The fourth-order valence-corrected chi connectivity index (χ4v) is 2.88. The van der Waals surface area contributed by atoms with Crippen LogP contribution >= 0.6 is 0 Å². The van der Waals surface area contributed by atoms with Crippen molar-refractivity contribution in [2.45, 2.75) is 18.4 Å². The maximum atomic E-state index is 13.1. The summed E-state index contributed by atoms with van der Waals surface area (Å²) in [5, 5.41) is 0. The van der Waals surface area contributed by atoms with Crippen molar-refractivity contribution in [1.82, 2.24) is 4.98 Å². The minimum absolute atomic E-state index is 0.200. The van der Waals surface area contributed by atoms with Crippen LogP contribution in [-0.4, -0.2) is 13.4 Å². The van der Waals surface area contributed by atoms with Crippen LogP contribution in [0.4, 0.5) is 10.1 Å². The van der Waals surface area contributed by atoms with E-state index in [1.165, 1.54) is 0 Å². The normalized spacial score (nSPS) is 11.3. The summed E-state index contributed by atoms with van der Waals surface area (Å²) in [6.07, 6.45) is 2.03. The quantitative estimate of drug-likeness (QED) is 0.900. The van der Waals surface area contributed by atoms with E-state index >= 15 is 0 Å². The molecule has 3 N–H and O–H groups in total. The van der Waals surface area contributed by atoms with Gasteiger partial charge in [0.25, 0.3) is 10.0 Å². The molecule has 7 heteroatoms. The highest BCUT2D eigenvalue weighted by Gasteiger charge is 2.17. The van der Waals surface area contributed by atoms with Gasteiger partial charge in [0.1, 0.15) is 10.7 Å². The molecule has 0 atom stereocenters. The highest BCUT2D eigenvalue weighted by atomic mass is 32.2. The highest BCUT2D eigenvalue weighted by Crippen LogP contribution is 2.22. The Morgan fingerprint density at radius 2 is 2.10 bits per heavy atom. The summed E-state index contributed by atoms with van der Waals surface area (Å²) in [4.78, 5) is 3.30. The van der Waals surface area contributed by atoms with Gasteiger partial charge in [-0.05, 0) is 30.2 Å². The number of pyridine rings is 1. The van der Waals surface area contributed by atoms with E-state index in [1.807, 2.05) is 13.0 Å². The number of sulfonamides is 1. The fourth-order valence-electron chi connectivity index (χ4n) is 1.81. The van der Waals surface area contributed by atoms with Gasteiger partial charge in [0.2, 0.25) is 0 Å². The molecule has 106 valence electrons. The van der Waals surface area contributed by atoms with Crippen molar-refractivity contribution in [3.63, 3.8) is 0 Å². The molecule has 0 radical (unpaired) electrons. The Labute approximate surface area is 116 Å². The molecular formula is C13H14FN3O2S. The van der Waals surface area contributed by atoms with Crippen LogP contribution in [0.5, 0.6) is 0 Å². The third kappa shape index (κ3) is 2.94. The van der Waals surface area contributed by atoms with E-state index < -0.39 is 15.8 Å². The Hall–Kier alpha value is -1.99. The molecule has 20 heavy (non-hydrogen) atoms. The predicted molar refractivity (Wildman–Crippen MR) is 74.1 cm³/mol. The van der Waals surface area contributed by atoms with Gasteiger partial charge in [-0.15, -0.1) is 0 Å². The average Bonchev–Trinajstić information content (AvgIpc) is 2.38. The van der Waals surface area contributed by atoms with Crippen LogP contribution in [0.2, 0.25) is 0 Å². The summed E-state index contributed by atoms with van der Waals surface area (Å²) in [6, 6.07) is 6.08. The molecular weight excluding hydrogens is 281 g/mol. The molecule has 0 amide bonds. The zero-order valence-electron chi connectivity index (χ0n) is 10.8. The first-order valence-corrected chi connectivity index (χ1v) is 7.34. The molecule has 0 aliphatic carbocycles. The van der Waals surface area contributed by atoms with Crippen molar-refractivity contribution >= 4 is 15.7 Å². The summed E-state index contributed by atoms with van der Waals surface area (Å²) in [5.74, 6) is -0.712. The van der Waals surface area contributed by atoms with Gasteiger partial charge in [0.05, 0.1) is 11.9 Å². The van der Waals surface area contributed by atoms with Gasteiger partial charge in [-0.2, -0.15) is 0 Å². The molecule has 1 heterocycles. The lowest BCUT2D eigenvalue weighted by atomic mass is 10.1. The molecule has 0 saturated heterocycles. The van der Waals surface area contributed by atoms with Crippen molar-refractivity contribution in [2.75, 3.05) is 4.72 Å². The zero-order chi connectivity index (χ0) is 14.8. The van der Waals surface area contributed by atoms with E-state index in [4.69, 9.17) is 5.73 Å².